The van der Waals surface area contributed by atoms with Crippen LogP contribution in [0.2, 0.25) is 0 Å². The molecular weight excluding hydrogens is 510 g/mol. The van der Waals surface area contributed by atoms with Crippen molar-refractivity contribution >= 4 is 46.8 Å². The Morgan fingerprint density at radius 3 is 2.46 bits per heavy atom. The molecule has 0 saturated heterocycles. The summed E-state index contributed by atoms with van der Waals surface area (Å²) in [6.45, 7) is 2.84. The number of amides is 2. The Morgan fingerprint density at radius 1 is 1.16 bits per heavy atom. The van der Waals surface area contributed by atoms with Crippen molar-refractivity contribution in [2.24, 2.45) is 5.41 Å². The molecule has 0 saturated carbocycles. The molecule has 13 nitrogen and oxygen atoms in total. The number of likely N-dealkylation sites (N-methyl/N-ethyl adjacent to an activating group) is 1. The van der Waals surface area contributed by atoms with Crippen molar-refractivity contribution in [2.75, 3.05) is 53.1 Å². The first-order valence-corrected chi connectivity index (χ1v) is 12.5. The van der Waals surface area contributed by atoms with Crippen molar-refractivity contribution in [3.8, 4) is 0 Å². The molecule has 0 bridgehead atoms. The first-order valence-electron chi connectivity index (χ1n) is 11.5. The number of carboxylic acid groups (broad SMARTS) is 1. The Bertz CT molecular complexity index is 898. The SMILES string of the molecule is CC1(C)COC(=O)/C=C/C(=O)SCCNC(=O)CCNC(=O)[C@@H]1OC(=O)O[C@H](CC(=O)[O-])C[N+](C)(C)C. The van der Waals surface area contributed by atoms with Gasteiger partial charge in [0, 0.05) is 49.1 Å². The molecule has 14 heteroatoms. The molecule has 1 heterocycles. The van der Waals surface area contributed by atoms with Crippen molar-refractivity contribution < 1.29 is 52.6 Å². The van der Waals surface area contributed by atoms with Crippen LogP contribution in [0.5, 0.6) is 0 Å². The number of rotatable bonds is 6. The molecule has 0 aromatic rings. The molecule has 0 aromatic carbocycles. The number of aliphatic carboxylic acids is 1. The van der Waals surface area contributed by atoms with E-state index in [1.165, 1.54) is 13.8 Å². The van der Waals surface area contributed by atoms with Crippen LogP contribution in [0.15, 0.2) is 12.2 Å². The fourth-order valence-corrected chi connectivity index (χ4v) is 3.73. The number of hydrogen-bond acceptors (Lipinski definition) is 11. The van der Waals surface area contributed by atoms with Gasteiger partial charge in [-0.25, -0.2) is 9.59 Å². The predicted octanol–water partition coefficient (Wildman–Crippen LogP) is -1.26. The zero-order valence-electron chi connectivity index (χ0n) is 21.7. The van der Waals surface area contributed by atoms with Crippen LogP contribution in [-0.2, 0) is 38.2 Å². The maximum absolute atomic E-state index is 13.0. The highest BCUT2D eigenvalue weighted by molar-refractivity contribution is 8.14. The predicted molar refractivity (Wildman–Crippen MR) is 130 cm³/mol. The molecule has 0 fully saturated rings. The number of hydrogen-bond donors (Lipinski definition) is 2. The number of cyclic esters (lactones) is 1. The average Bonchev–Trinajstić information content (AvgIpc) is 2.75. The molecule has 2 atom stereocenters. The number of esters is 1. The van der Waals surface area contributed by atoms with E-state index in [1.807, 2.05) is 0 Å². The Kier molecular flexibility index (Phi) is 12.6. The van der Waals surface area contributed by atoms with E-state index in [-0.39, 0.29) is 48.8 Å². The summed E-state index contributed by atoms with van der Waals surface area (Å²) in [5.41, 5.74) is -1.29. The highest BCUT2D eigenvalue weighted by Gasteiger charge is 2.41. The Hall–Kier alpha value is -3.13. The third-order valence-electron chi connectivity index (χ3n) is 4.83. The van der Waals surface area contributed by atoms with Gasteiger partial charge in [-0.3, -0.25) is 14.4 Å². The lowest BCUT2D eigenvalue weighted by Gasteiger charge is -2.33. The fraction of sp³-hybridized carbons (Fsp3) is 0.652. The van der Waals surface area contributed by atoms with Gasteiger partial charge in [-0.1, -0.05) is 25.6 Å². The Morgan fingerprint density at radius 2 is 1.84 bits per heavy atom. The van der Waals surface area contributed by atoms with E-state index in [4.69, 9.17) is 14.2 Å². The molecule has 1 aliphatic rings. The van der Waals surface area contributed by atoms with Crippen LogP contribution in [-0.4, -0.2) is 105 Å². The standard InChI is InChI=1S/C23H35N3O10S/c1-23(2)14-34-18(30)6-7-19(31)37-11-10-24-16(27)8-9-25-21(32)20(23)36-22(33)35-15(12-17(28)29)13-26(3,4)5/h6-7,15,20H,8-14H2,1-5H3,(H2-,24,25,27,28,29,32)/b7-6+/t15-,20+/m1/s1. The maximum Gasteiger partial charge on any atom is 0.509 e. The number of carbonyl (C=O) groups excluding carboxylic acids is 6. The van der Waals surface area contributed by atoms with Crippen molar-refractivity contribution in [1.82, 2.24) is 10.6 Å². The number of carboxylic acids is 1. The minimum atomic E-state index is -1.54. The summed E-state index contributed by atoms with van der Waals surface area (Å²) < 4.78 is 15.9. The van der Waals surface area contributed by atoms with E-state index in [1.54, 1.807) is 21.1 Å². The van der Waals surface area contributed by atoms with Gasteiger partial charge in [-0.2, -0.15) is 0 Å². The van der Waals surface area contributed by atoms with Crippen molar-refractivity contribution in [1.29, 1.82) is 0 Å². The first-order chi connectivity index (χ1) is 17.1. The Balaban J connectivity index is 3.08. The fourth-order valence-electron chi connectivity index (χ4n) is 3.16. The third-order valence-corrected chi connectivity index (χ3v) is 5.66. The number of nitrogens with zero attached hydrogens (tertiary/aromatic N) is 1. The van der Waals surface area contributed by atoms with Crippen molar-refractivity contribution in [3.63, 3.8) is 0 Å². The number of quaternary nitrogens is 1. The van der Waals surface area contributed by atoms with Crippen LogP contribution in [0, 0.1) is 5.41 Å². The summed E-state index contributed by atoms with van der Waals surface area (Å²) in [7, 11) is 5.30. The van der Waals surface area contributed by atoms with Crippen LogP contribution in [0.3, 0.4) is 0 Å². The van der Waals surface area contributed by atoms with Gasteiger partial charge in [-0.15, -0.1) is 0 Å². The van der Waals surface area contributed by atoms with E-state index in [0.717, 1.165) is 23.9 Å². The summed E-state index contributed by atoms with van der Waals surface area (Å²) >= 11 is 0.908. The molecule has 2 N–H and O–H groups in total. The molecule has 1 aliphatic heterocycles. The van der Waals surface area contributed by atoms with Gasteiger partial charge in [0.2, 0.25) is 11.0 Å². The van der Waals surface area contributed by atoms with Crippen LogP contribution >= 0.6 is 11.8 Å². The summed E-state index contributed by atoms with van der Waals surface area (Å²) in [5.74, 6) is -3.14. The molecule has 1 rings (SSSR count). The zero-order valence-corrected chi connectivity index (χ0v) is 22.5. The van der Waals surface area contributed by atoms with Gasteiger partial charge in [-0.05, 0) is 6.08 Å². The van der Waals surface area contributed by atoms with Crippen LogP contribution < -0.4 is 15.7 Å². The smallest absolute Gasteiger partial charge is 0.509 e. The van der Waals surface area contributed by atoms with Crippen molar-refractivity contribution in [2.45, 2.75) is 38.9 Å². The molecule has 2 amide bonds. The number of thioether (sulfide) groups is 1. The maximum atomic E-state index is 13.0. The Labute approximate surface area is 219 Å². The molecular formula is C23H35N3O10S. The van der Waals surface area contributed by atoms with Crippen LogP contribution in [0.4, 0.5) is 4.79 Å². The monoisotopic (exact) mass is 545 g/mol. The highest BCUT2D eigenvalue weighted by atomic mass is 32.2. The van der Waals surface area contributed by atoms with Crippen LogP contribution in [0.25, 0.3) is 0 Å². The molecule has 37 heavy (non-hydrogen) atoms. The summed E-state index contributed by atoms with van der Waals surface area (Å²) in [4.78, 5) is 72.6. The summed E-state index contributed by atoms with van der Waals surface area (Å²) in [6, 6.07) is 0. The van der Waals surface area contributed by atoms with E-state index in [2.05, 4.69) is 10.6 Å². The van der Waals surface area contributed by atoms with Gasteiger partial charge >= 0.3 is 12.1 Å². The third kappa shape index (κ3) is 13.7. The summed E-state index contributed by atoms with van der Waals surface area (Å²) in [5, 5.41) is 15.8. The second-order valence-electron chi connectivity index (χ2n) is 10.0. The highest BCUT2D eigenvalue weighted by Crippen LogP contribution is 2.25. The zero-order chi connectivity index (χ0) is 28.2. The molecule has 0 spiro atoms. The largest absolute Gasteiger partial charge is 0.550 e. The lowest BCUT2D eigenvalue weighted by molar-refractivity contribution is -0.873. The quantitative estimate of drug-likeness (QED) is 0.301. The number of nitrogens with one attached hydrogen (secondary N) is 2. The summed E-state index contributed by atoms with van der Waals surface area (Å²) in [6.07, 6.45) is -2.63. The lowest BCUT2D eigenvalue weighted by atomic mass is 9.86. The minimum absolute atomic E-state index is 0.0754. The van der Waals surface area contributed by atoms with Gasteiger partial charge in [0.1, 0.15) is 13.2 Å². The number of carbonyl (C=O) groups is 6. The first kappa shape index (κ1) is 31.9. The van der Waals surface area contributed by atoms with E-state index < -0.39 is 53.2 Å². The average molecular weight is 546 g/mol. The van der Waals surface area contributed by atoms with Gasteiger partial charge < -0.3 is 39.2 Å². The minimum Gasteiger partial charge on any atom is -0.550 e. The normalized spacial score (nSPS) is 21.9. The molecule has 208 valence electrons. The molecule has 0 aliphatic carbocycles. The van der Waals surface area contributed by atoms with E-state index >= 15 is 0 Å². The second-order valence-corrected chi connectivity index (χ2v) is 11.1. The molecule has 0 radical (unpaired) electrons. The van der Waals surface area contributed by atoms with Crippen LogP contribution in [0.1, 0.15) is 26.7 Å². The van der Waals surface area contributed by atoms with Crippen molar-refractivity contribution in [3.05, 3.63) is 12.2 Å². The van der Waals surface area contributed by atoms with Gasteiger partial charge in [0.05, 0.1) is 21.1 Å². The topological polar surface area (TPSA) is 177 Å². The van der Waals surface area contributed by atoms with Gasteiger partial charge in [0.25, 0.3) is 5.91 Å². The number of ether oxygens (including phenoxy) is 3. The molecule has 0 aromatic heterocycles. The van der Waals surface area contributed by atoms with Gasteiger partial charge in [0.15, 0.2) is 12.2 Å². The van der Waals surface area contributed by atoms with E-state index in [9.17, 15) is 33.9 Å². The van der Waals surface area contributed by atoms with E-state index in [0.29, 0.717) is 0 Å². The lowest BCUT2D eigenvalue weighted by Crippen LogP contribution is -2.50. The molecule has 0 unspecified atom stereocenters. The second kappa shape index (κ2) is 14.6.